The molecule has 1 aromatic rings. The Balaban J connectivity index is 2.56. The molecule has 0 aliphatic carbocycles. The molecule has 5 nitrogen and oxygen atoms in total. The average Bonchev–Trinajstić information content (AvgIpc) is 2.64. The van der Waals surface area contributed by atoms with E-state index < -0.39 is 0 Å². The third-order valence-electron chi connectivity index (χ3n) is 3.18. The fourth-order valence-corrected chi connectivity index (χ4v) is 1.48. The first-order valence-corrected chi connectivity index (χ1v) is 6.16. The SMILES string of the molecule is COCC(=O)Nc1cc(C[C@H](C)C(C)(C)C)[nH]n1. The lowest BCUT2D eigenvalue weighted by atomic mass is 9.79. The Morgan fingerprint density at radius 1 is 1.56 bits per heavy atom. The molecule has 0 bridgehead atoms. The minimum Gasteiger partial charge on any atom is -0.375 e. The molecule has 0 aromatic carbocycles. The zero-order valence-corrected chi connectivity index (χ0v) is 11.8. The number of methoxy groups -OCH3 is 1. The zero-order valence-electron chi connectivity index (χ0n) is 11.8. The van der Waals surface area contributed by atoms with Gasteiger partial charge in [-0.15, -0.1) is 0 Å². The summed E-state index contributed by atoms with van der Waals surface area (Å²) >= 11 is 0. The van der Waals surface area contributed by atoms with Crippen LogP contribution in [-0.2, 0) is 16.0 Å². The van der Waals surface area contributed by atoms with Crippen LogP contribution in [0.4, 0.5) is 5.82 Å². The number of rotatable bonds is 5. The van der Waals surface area contributed by atoms with Crippen LogP contribution >= 0.6 is 0 Å². The maximum Gasteiger partial charge on any atom is 0.251 e. The van der Waals surface area contributed by atoms with Crippen molar-refractivity contribution in [2.45, 2.75) is 34.1 Å². The van der Waals surface area contributed by atoms with Gasteiger partial charge >= 0.3 is 0 Å². The highest BCUT2D eigenvalue weighted by Gasteiger charge is 2.21. The lowest BCUT2D eigenvalue weighted by molar-refractivity contribution is -0.119. The summed E-state index contributed by atoms with van der Waals surface area (Å²) in [4.78, 5) is 11.3. The molecule has 0 fully saturated rings. The van der Waals surface area contributed by atoms with Crippen LogP contribution in [0, 0.1) is 11.3 Å². The number of anilines is 1. The number of hydrogen-bond donors (Lipinski definition) is 2. The van der Waals surface area contributed by atoms with Crippen LogP contribution in [0.5, 0.6) is 0 Å². The molecule has 1 atom stereocenters. The third-order valence-corrected chi connectivity index (χ3v) is 3.18. The van der Waals surface area contributed by atoms with E-state index in [1.807, 2.05) is 6.07 Å². The van der Waals surface area contributed by atoms with Crippen LogP contribution in [0.1, 0.15) is 33.4 Å². The summed E-state index contributed by atoms with van der Waals surface area (Å²) in [6.07, 6.45) is 0.913. The normalized spacial score (nSPS) is 13.4. The molecule has 2 N–H and O–H groups in total. The largest absolute Gasteiger partial charge is 0.375 e. The number of amides is 1. The maximum absolute atomic E-state index is 11.3. The van der Waals surface area contributed by atoms with Gasteiger partial charge in [0, 0.05) is 18.9 Å². The van der Waals surface area contributed by atoms with Crippen molar-refractivity contribution >= 4 is 11.7 Å². The van der Waals surface area contributed by atoms with E-state index in [9.17, 15) is 4.79 Å². The van der Waals surface area contributed by atoms with Gasteiger partial charge in [-0.25, -0.2) is 0 Å². The summed E-state index contributed by atoms with van der Waals surface area (Å²) in [5, 5.41) is 9.68. The summed E-state index contributed by atoms with van der Waals surface area (Å²) in [7, 11) is 1.49. The van der Waals surface area contributed by atoms with Gasteiger partial charge in [0.15, 0.2) is 5.82 Å². The molecule has 0 saturated carbocycles. The summed E-state index contributed by atoms with van der Waals surface area (Å²) < 4.78 is 4.74. The second-order valence-corrected chi connectivity index (χ2v) is 5.73. The minimum absolute atomic E-state index is 0.0422. The minimum atomic E-state index is -0.195. The highest BCUT2D eigenvalue weighted by Crippen LogP contribution is 2.28. The monoisotopic (exact) mass is 253 g/mol. The topological polar surface area (TPSA) is 67.0 Å². The molecule has 1 heterocycles. The molecule has 1 amide bonds. The molecule has 18 heavy (non-hydrogen) atoms. The first-order valence-electron chi connectivity index (χ1n) is 6.16. The molecule has 0 saturated heterocycles. The molecular weight excluding hydrogens is 230 g/mol. The summed E-state index contributed by atoms with van der Waals surface area (Å²) in [6.45, 7) is 8.91. The van der Waals surface area contributed by atoms with E-state index in [0.717, 1.165) is 12.1 Å². The van der Waals surface area contributed by atoms with E-state index in [4.69, 9.17) is 4.74 Å². The maximum atomic E-state index is 11.3. The fourth-order valence-electron chi connectivity index (χ4n) is 1.48. The van der Waals surface area contributed by atoms with Crippen molar-refractivity contribution in [1.29, 1.82) is 0 Å². The van der Waals surface area contributed by atoms with Gasteiger partial charge in [-0.05, 0) is 17.8 Å². The standard InChI is InChI=1S/C13H23N3O2/c1-9(13(2,3)4)6-10-7-11(16-15-10)14-12(17)8-18-5/h7,9H,6,8H2,1-5H3,(H2,14,15,16,17)/t9-/m0/s1. The van der Waals surface area contributed by atoms with Gasteiger partial charge in [0.25, 0.3) is 5.91 Å². The molecule has 5 heteroatoms. The van der Waals surface area contributed by atoms with Gasteiger partial charge in [0.2, 0.25) is 0 Å². The predicted octanol–water partition coefficient (Wildman–Crippen LogP) is 2.22. The molecule has 0 spiro atoms. The van der Waals surface area contributed by atoms with Crippen molar-refractivity contribution < 1.29 is 9.53 Å². The van der Waals surface area contributed by atoms with E-state index in [2.05, 4.69) is 43.2 Å². The second-order valence-electron chi connectivity index (χ2n) is 5.73. The molecule has 0 aliphatic rings. The molecule has 102 valence electrons. The number of nitrogens with zero attached hydrogens (tertiary/aromatic N) is 1. The fraction of sp³-hybridized carbons (Fsp3) is 0.692. The third kappa shape index (κ3) is 4.49. The number of carbonyl (C=O) groups excluding carboxylic acids is 1. The van der Waals surface area contributed by atoms with Crippen molar-refractivity contribution in [3.63, 3.8) is 0 Å². The van der Waals surface area contributed by atoms with E-state index in [1.165, 1.54) is 7.11 Å². The Morgan fingerprint density at radius 3 is 2.78 bits per heavy atom. The second kappa shape index (κ2) is 6.00. The molecule has 0 unspecified atom stereocenters. The Morgan fingerprint density at radius 2 is 2.22 bits per heavy atom. The highest BCUT2D eigenvalue weighted by molar-refractivity contribution is 5.90. The van der Waals surface area contributed by atoms with Crippen LogP contribution in [0.15, 0.2) is 6.07 Å². The zero-order chi connectivity index (χ0) is 13.8. The number of nitrogens with one attached hydrogen (secondary N) is 2. The number of carbonyl (C=O) groups is 1. The smallest absolute Gasteiger partial charge is 0.251 e. The van der Waals surface area contributed by atoms with Crippen molar-refractivity contribution in [1.82, 2.24) is 10.2 Å². The van der Waals surface area contributed by atoms with Gasteiger partial charge in [-0.1, -0.05) is 27.7 Å². The lowest BCUT2D eigenvalue weighted by Gasteiger charge is -2.26. The Kier molecular flexibility index (Phi) is 4.90. The number of H-pyrrole nitrogens is 1. The Labute approximate surface area is 108 Å². The Bertz CT molecular complexity index is 393. The molecule has 0 radical (unpaired) electrons. The lowest BCUT2D eigenvalue weighted by Crippen LogP contribution is -2.19. The van der Waals surface area contributed by atoms with E-state index in [0.29, 0.717) is 11.7 Å². The van der Waals surface area contributed by atoms with Gasteiger partial charge in [0.1, 0.15) is 6.61 Å². The van der Waals surface area contributed by atoms with E-state index in [1.54, 1.807) is 0 Å². The molecular formula is C13H23N3O2. The number of hydrogen-bond acceptors (Lipinski definition) is 3. The van der Waals surface area contributed by atoms with E-state index in [-0.39, 0.29) is 17.9 Å². The quantitative estimate of drug-likeness (QED) is 0.845. The van der Waals surface area contributed by atoms with Gasteiger partial charge < -0.3 is 10.1 Å². The number of aromatic amines is 1. The van der Waals surface area contributed by atoms with Crippen molar-refractivity contribution in [2.75, 3.05) is 19.0 Å². The van der Waals surface area contributed by atoms with Crippen LogP contribution < -0.4 is 5.32 Å². The first kappa shape index (κ1) is 14.7. The summed E-state index contributed by atoms with van der Waals surface area (Å²) in [6, 6.07) is 1.87. The molecule has 1 rings (SSSR count). The Hall–Kier alpha value is -1.36. The van der Waals surface area contributed by atoms with Gasteiger partial charge in [0.05, 0.1) is 0 Å². The average molecular weight is 253 g/mol. The van der Waals surface area contributed by atoms with E-state index >= 15 is 0 Å². The van der Waals surface area contributed by atoms with Crippen molar-refractivity contribution in [3.05, 3.63) is 11.8 Å². The van der Waals surface area contributed by atoms with Gasteiger partial charge in [-0.3, -0.25) is 9.89 Å². The number of ether oxygens (including phenoxy) is 1. The van der Waals surface area contributed by atoms with Crippen molar-refractivity contribution in [2.24, 2.45) is 11.3 Å². The van der Waals surface area contributed by atoms with Crippen LogP contribution in [0.2, 0.25) is 0 Å². The number of aromatic nitrogens is 2. The first-order chi connectivity index (χ1) is 8.32. The highest BCUT2D eigenvalue weighted by atomic mass is 16.5. The molecule has 1 aromatic heterocycles. The van der Waals surface area contributed by atoms with Crippen LogP contribution in [-0.4, -0.2) is 29.8 Å². The van der Waals surface area contributed by atoms with Gasteiger partial charge in [-0.2, -0.15) is 5.10 Å². The molecule has 0 aliphatic heterocycles. The van der Waals surface area contributed by atoms with Crippen LogP contribution in [0.3, 0.4) is 0 Å². The predicted molar refractivity (Wildman–Crippen MR) is 71.4 cm³/mol. The van der Waals surface area contributed by atoms with Crippen LogP contribution in [0.25, 0.3) is 0 Å². The summed E-state index contributed by atoms with van der Waals surface area (Å²) in [5.41, 5.74) is 1.29. The van der Waals surface area contributed by atoms with Crippen molar-refractivity contribution in [3.8, 4) is 0 Å². The summed E-state index contributed by atoms with van der Waals surface area (Å²) in [5.74, 6) is 0.882.